The van der Waals surface area contributed by atoms with Crippen LogP contribution in [0.5, 0.6) is 0 Å². The van der Waals surface area contributed by atoms with E-state index >= 15 is 0 Å². The number of H-pyrrole nitrogens is 1. The SMILES string of the molecule is CCC(C)C(NC(=O)C(N)CCC(=O)O)C(=O)NC(Cc1c[nH]c2ccccc12)C(=O)NC(C(=O)O)C(C)C. The van der Waals surface area contributed by atoms with E-state index in [0.717, 1.165) is 16.5 Å². The first-order valence-corrected chi connectivity index (χ1v) is 13.0. The molecule has 1 aromatic carbocycles. The van der Waals surface area contributed by atoms with Crippen molar-refractivity contribution in [2.75, 3.05) is 0 Å². The number of nitrogens with two attached hydrogens (primary N) is 1. The Morgan fingerprint density at radius 3 is 2.15 bits per heavy atom. The molecule has 1 heterocycles. The normalized spacial score (nSPS) is 15.1. The quantitative estimate of drug-likeness (QED) is 0.172. The van der Waals surface area contributed by atoms with Crippen molar-refractivity contribution in [1.82, 2.24) is 20.9 Å². The Morgan fingerprint density at radius 1 is 0.923 bits per heavy atom. The summed E-state index contributed by atoms with van der Waals surface area (Å²) in [5.74, 6) is -5.05. The van der Waals surface area contributed by atoms with Gasteiger partial charge in [0.05, 0.1) is 6.04 Å². The van der Waals surface area contributed by atoms with Crippen LogP contribution >= 0.6 is 0 Å². The van der Waals surface area contributed by atoms with E-state index < -0.39 is 59.7 Å². The summed E-state index contributed by atoms with van der Waals surface area (Å²) in [5, 5.41) is 27.1. The Morgan fingerprint density at radius 2 is 1.56 bits per heavy atom. The number of hydrogen-bond donors (Lipinski definition) is 7. The van der Waals surface area contributed by atoms with Crippen molar-refractivity contribution in [3.63, 3.8) is 0 Å². The molecule has 2 rings (SSSR count). The molecule has 3 amide bonds. The van der Waals surface area contributed by atoms with Gasteiger partial charge in [-0.05, 0) is 29.9 Å². The lowest BCUT2D eigenvalue weighted by molar-refractivity contribution is -0.143. The number of para-hydroxylation sites is 1. The summed E-state index contributed by atoms with van der Waals surface area (Å²) in [6.07, 6.45) is 1.89. The van der Waals surface area contributed by atoms with E-state index in [-0.39, 0.29) is 25.2 Å². The molecule has 0 bridgehead atoms. The average molecular weight is 546 g/mol. The van der Waals surface area contributed by atoms with Crippen LogP contribution in [0.3, 0.4) is 0 Å². The van der Waals surface area contributed by atoms with Gasteiger partial charge in [-0.1, -0.05) is 52.3 Å². The fraction of sp³-hybridized carbons (Fsp3) is 0.519. The third-order valence-electron chi connectivity index (χ3n) is 6.76. The largest absolute Gasteiger partial charge is 0.481 e. The van der Waals surface area contributed by atoms with Gasteiger partial charge in [0, 0.05) is 29.9 Å². The molecule has 5 atom stereocenters. The summed E-state index contributed by atoms with van der Waals surface area (Å²) < 4.78 is 0. The Bertz CT molecular complexity index is 1180. The molecule has 0 aliphatic carbocycles. The number of aliphatic carboxylic acids is 2. The van der Waals surface area contributed by atoms with E-state index in [2.05, 4.69) is 20.9 Å². The van der Waals surface area contributed by atoms with Crippen molar-refractivity contribution < 1.29 is 34.2 Å². The molecule has 0 aliphatic rings. The number of carboxylic acid groups (broad SMARTS) is 2. The van der Waals surface area contributed by atoms with Crippen molar-refractivity contribution in [1.29, 1.82) is 0 Å². The van der Waals surface area contributed by atoms with Crippen LogP contribution in [0.25, 0.3) is 10.9 Å². The molecule has 0 saturated heterocycles. The summed E-state index contributed by atoms with van der Waals surface area (Å²) in [7, 11) is 0. The number of hydrogen-bond acceptors (Lipinski definition) is 6. The molecular formula is C27H39N5O7. The molecule has 5 unspecified atom stereocenters. The first-order valence-electron chi connectivity index (χ1n) is 13.0. The molecule has 39 heavy (non-hydrogen) atoms. The Balaban J connectivity index is 2.32. The maximum absolute atomic E-state index is 13.5. The second-order valence-corrected chi connectivity index (χ2v) is 10.1. The van der Waals surface area contributed by atoms with Crippen molar-refractivity contribution >= 4 is 40.6 Å². The van der Waals surface area contributed by atoms with E-state index in [1.807, 2.05) is 31.2 Å². The lowest BCUT2D eigenvalue weighted by atomic mass is 9.96. The topological polar surface area (TPSA) is 204 Å². The Kier molecular flexibility index (Phi) is 11.5. The predicted octanol–water partition coefficient (Wildman–Crippen LogP) is 1.14. The van der Waals surface area contributed by atoms with E-state index in [1.165, 1.54) is 0 Å². The lowest BCUT2D eigenvalue weighted by Crippen LogP contribution is -2.59. The van der Waals surface area contributed by atoms with Crippen LogP contribution < -0.4 is 21.7 Å². The second-order valence-electron chi connectivity index (χ2n) is 10.1. The maximum Gasteiger partial charge on any atom is 0.326 e. The summed E-state index contributed by atoms with van der Waals surface area (Å²) >= 11 is 0. The molecule has 0 fully saturated rings. The number of carboxylic acids is 2. The number of aromatic nitrogens is 1. The molecule has 1 aromatic heterocycles. The van der Waals surface area contributed by atoms with Gasteiger partial charge in [-0.3, -0.25) is 19.2 Å². The number of aromatic amines is 1. The zero-order chi connectivity index (χ0) is 29.3. The predicted molar refractivity (Wildman–Crippen MR) is 145 cm³/mol. The number of nitrogens with one attached hydrogen (secondary N) is 4. The molecule has 0 spiro atoms. The van der Waals surface area contributed by atoms with E-state index in [0.29, 0.717) is 6.42 Å². The van der Waals surface area contributed by atoms with Crippen molar-refractivity contribution in [3.8, 4) is 0 Å². The maximum atomic E-state index is 13.5. The summed E-state index contributed by atoms with van der Waals surface area (Å²) in [5.41, 5.74) is 7.40. The molecule has 214 valence electrons. The number of carbonyl (C=O) groups excluding carboxylic acids is 3. The van der Waals surface area contributed by atoms with Gasteiger partial charge in [0.1, 0.15) is 18.1 Å². The minimum Gasteiger partial charge on any atom is -0.481 e. The van der Waals surface area contributed by atoms with Gasteiger partial charge in [-0.2, -0.15) is 0 Å². The first kappa shape index (κ1) is 31.3. The minimum atomic E-state index is -1.20. The van der Waals surface area contributed by atoms with Crippen LogP contribution in [-0.2, 0) is 30.4 Å². The number of fused-ring (bicyclic) bond motifs is 1. The molecule has 0 radical (unpaired) electrons. The minimum absolute atomic E-state index is 0.0608. The Labute approximate surface area is 227 Å². The number of amides is 3. The van der Waals surface area contributed by atoms with Gasteiger partial charge in [0.2, 0.25) is 17.7 Å². The molecule has 12 nitrogen and oxygen atoms in total. The number of carbonyl (C=O) groups is 5. The summed E-state index contributed by atoms with van der Waals surface area (Å²) in [6, 6.07) is 2.92. The van der Waals surface area contributed by atoms with Crippen molar-refractivity contribution in [2.24, 2.45) is 17.6 Å². The van der Waals surface area contributed by atoms with Crippen molar-refractivity contribution in [2.45, 2.75) is 77.5 Å². The third-order valence-corrected chi connectivity index (χ3v) is 6.76. The van der Waals surface area contributed by atoms with E-state index in [4.69, 9.17) is 10.8 Å². The fourth-order valence-corrected chi connectivity index (χ4v) is 4.13. The van der Waals surface area contributed by atoms with Crippen molar-refractivity contribution in [3.05, 3.63) is 36.0 Å². The van der Waals surface area contributed by atoms with Gasteiger partial charge in [-0.15, -0.1) is 0 Å². The zero-order valence-electron chi connectivity index (χ0n) is 22.7. The number of rotatable bonds is 15. The highest BCUT2D eigenvalue weighted by Crippen LogP contribution is 2.20. The van der Waals surface area contributed by atoms with E-state index in [1.54, 1.807) is 27.0 Å². The highest BCUT2D eigenvalue weighted by molar-refractivity contribution is 5.95. The van der Waals surface area contributed by atoms with Crippen LogP contribution in [0, 0.1) is 11.8 Å². The third kappa shape index (κ3) is 8.81. The van der Waals surface area contributed by atoms with Gasteiger partial charge < -0.3 is 36.9 Å². The molecule has 8 N–H and O–H groups in total. The molecule has 0 saturated carbocycles. The first-order chi connectivity index (χ1) is 18.3. The van der Waals surface area contributed by atoms with Gasteiger partial charge in [0.25, 0.3) is 0 Å². The Hall–Kier alpha value is -3.93. The van der Waals surface area contributed by atoms with Crippen LogP contribution in [0.2, 0.25) is 0 Å². The highest BCUT2D eigenvalue weighted by Gasteiger charge is 2.33. The van der Waals surface area contributed by atoms with E-state index in [9.17, 15) is 29.1 Å². The zero-order valence-corrected chi connectivity index (χ0v) is 22.7. The average Bonchev–Trinajstić information content (AvgIpc) is 3.29. The summed E-state index contributed by atoms with van der Waals surface area (Å²) in [4.78, 5) is 65.1. The van der Waals surface area contributed by atoms with Gasteiger partial charge >= 0.3 is 11.9 Å². The van der Waals surface area contributed by atoms with Crippen LogP contribution in [0.1, 0.15) is 52.5 Å². The molecule has 2 aromatic rings. The van der Waals surface area contributed by atoms with Crippen LogP contribution in [0.4, 0.5) is 0 Å². The molecule has 0 aliphatic heterocycles. The lowest BCUT2D eigenvalue weighted by Gasteiger charge is -2.28. The monoisotopic (exact) mass is 545 g/mol. The van der Waals surface area contributed by atoms with Gasteiger partial charge in [-0.25, -0.2) is 4.79 Å². The fourth-order valence-electron chi connectivity index (χ4n) is 4.13. The number of benzene rings is 1. The van der Waals surface area contributed by atoms with Crippen LogP contribution in [0.15, 0.2) is 30.5 Å². The second kappa shape index (κ2) is 14.3. The van der Waals surface area contributed by atoms with Gasteiger partial charge in [0.15, 0.2) is 0 Å². The highest BCUT2D eigenvalue weighted by atomic mass is 16.4. The smallest absolute Gasteiger partial charge is 0.326 e. The molecular weight excluding hydrogens is 506 g/mol. The standard InChI is InChI=1S/C27H39N5O7/c1-5-15(4)23(32-24(35)18(28)10-11-21(33)34)26(37)30-20(25(36)31-22(14(2)3)27(38)39)12-16-13-29-19-9-7-6-8-17(16)19/h6-9,13-15,18,20,22-23,29H,5,10-12,28H2,1-4H3,(H,30,37)(H,31,36)(H,32,35)(H,33,34)(H,38,39). The van der Waals surface area contributed by atoms with Crippen LogP contribution in [-0.4, -0.2) is 69.0 Å². The molecule has 12 heteroatoms. The summed E-state index contributed by atoms with van der Waals surface area (Å²) in [6.45, 7) is 6.90.